The van der Waals surface area contributed by atoms with Gasteiger partial charge in [-0.15, -0.1) is 0 Å². The predicted molar refractivity (Wildman–Crippen MR) is 84.7 cm³/mol. The van der Waals surface area contributed by atoms with Crippen LogP contribution in [0.4, 0.5) is 5.69 Å². The number of rotatable bonds is 4. The number of methoxy groups -OCH3 is 1. The van der Waals surface area contributed by atoms with Crippen LogP contribution in [0.1, 0.15) is 11.3 Å². The Hall–Kier alpha value is -1.07. The maximum atomic E-state index is 5.28. The van der Waals surface area contributed by atoms with Crippen molar-refractivity contribution in [3.05, 3.63) is 50.7 Å². The molecule has 0 bridgehead atoms. The summed E-state index contributed by atoms with van der Waals surface area (Å²) in [6.45, 7) is 2.70. The van der Waals surface area contributed by atoms with Gasteiger partial charge in [-0.25, -0.2) is 0 Å². The second-order valence-electron chi connectivity index (χ2n) is 4.13. The van der Waals surface area contributed by atoms with Gasteiger partial charge in [-0.3, -0.25) is 4.98 Å². The summed E-state index contributed by atoms with van der Waals surface area (Å²) < 4.78 is 7.15. The zero-order valence-electron chi connectivity index (χ0n) is 10.7. The van der Waals surface area contributed by atoms with E-state index >= 15 is 0 Å². The lowest BCUT2D eigenvalue weighted by molar-refractivity contribution is 0.409. The molecule has 1 aromatic carbocycles. The van der Waals surface area contributed by atoms with E-state index in [9.17, 15) is 0 Å². The minimum absolute atomic E-state index is 0.728. The molecule has 0 unspecified atom stereocenters. The molecular weight excluding hydrogens is 372 g/mol. The maximum Gasteiger partial charge on any atom is 0.147 e. The number of benzene rings is 1. The van der Waals surface area contributed by atoms with Gasteiger partial charge in [-0.1, -0.05) is 0 Å². The minimum atomic E-state index is 0.728. The van der Waals surface area contributed by atoms with Crippen LogP contribution in [0.25, 0.3) is 0 Å². The van der Waals surface area contributed by atoms with Crippen LogP contribution in [-0.4, -0.2) is 12.1 Å². The molecule has 1 heterocycles. The summed E-state index contributed by atoms with van der Waals surface area (Å²) in [5.74, 6) is 0.806. The van der Waals surface area contributed by atoms with E-state index in [0.29, 0.717) is 0 Å². The molecular formula is C14H14Br2N2O. The molecule has 3 nitrogen and oxygen atoms in total. The number of ether oxygens (including phenoxy) is 1. The van der Waals surface area contributed by atoms with Crippen molar-refractivity contribution in [3.63, 3.8) is 0 Å². The summed E-state index contributed by atoms with van der Waals surface area (Å²) in [5, 5.41) is 3.34. The average Bonchev–Trinajstić information content (AvgIpc) is 2.38. The van der Waals surface area contributed by atoms with Crippen LogP contribution >= 0.6 is 31.9 Å². The number of pyridine rings is 1. The van der Waals surface area contributed by atoms with E-state index in [2.05, 4.69) is 42.2 Å². The molecule has 2 rings (SSSR count). The van der Waals surface area contributed by atoms with Crippen molar-refractivity contribution >= 4 is 37.5 Å². The van der Waals surface area contributed by atoms with Gasteiger partial charge in [0, 0.05) is 12.2 Å². The molecule has 0 saturated carbocycles. The van der Waals surface area contributed by atoms with Gasteiger partial charge in [-0.05, 0) is 68.6 Å². The normalized spacial score (nSPS) is 10.3. The van der Waals surface area contributed by atoms with Crippen LogP contribution in [0, 0.1) is 6.92 Å². The van der Waals surface area contributed by atoms with Crippen molar-refractivity contribution < 1.29 is 4.74 Å². The lowest BCUT2D eigenvalue weighted by Gasteiger charge is -2.11. The fourth-order valence-corrected chi connectivity index (χ4v) is 3.29. The van der Waals surface area contributed by atoms with Gasteiger partial charge in [0.2, 0.25) is 0 Å². The first kappa shape index (κ1) is 14.3. The van der Waals surface area contributed by atoms with Crippen LogP contribution in [0.2, 0.25) is 0 Å². The summed E-state index contributed by atoms with van der Waals surface area (Å²) >= 11 is 7.00. The Kier molecular flexibility index (Phi) is 4.82. The van der Waals surface area contributed by atoms with Crippen LogP contribution < -0.4 is 10.1 Å². The lowest BCUT2D eigenvalue weighted by atomic mass is 10.2. The van der Waals surface area contributed by atoms with Crippen LogP contribution in [-0.2, 0) is 6.54 Å². The largest absolute Gasteiger partial charge is 0.494 e. The molecule has 0 spiro atoms. The highest BCUT2D eigenvalue weighted by molar-refractivity contribution is 9.11. The smallest absolute Gasteiger partial charge is 0.147 e. The summed E-state index contributed by atoms with van der Waals surface area (Å²) in [7, 11) is 1.65. The highest BCUT2D eigenvalue weighted by Crippen LogP contribution is 2.34. The standard InChI is InChI=1S/C14H14Br2N2O/c1-9-3-4-11(8-17-9)18-7-10-5-12(15)14(19-2)13(16)6-10/h3-6,8,18H,7H2,1-2H3. The first-order valence-electron chi connectivity index (χ1n) is 5.78. The Balaban J connectivity index is 2.09. The Morgan fingerprint density at radius 3 is 2.42 bits per heavy atom. The zero-order valence-corrected chi connectivity index (χ0v) is 13.9. The molecule has 0 amide bonds. The number of nitrogens with one attached hydrogen (secondary N) is 1. The van der Waals surface area contributed by atoms with Crippen molar-refractivity contribution in [3.8, 4) is 5.75 Å². The third kappa shape index (κ3) is 3.70. The third-order valence-electron chi connectivity index (χ3n) is 2.67. The molecule has 1 N–H and O–H groups in total. The number of halogens is 2. The number of hydrogen-bond acceptors (Lipinski definition) is 3. The quantitative estimate of drug-likeness (QED) is 0.839. The molecule has 0 atom stereocenters. The van der Waals surface area contributed by atoms with Crippen molar-refractivity contribution in [1.82, 2.24) is 4.98 Å². The Labute approximate surface area is 129 Å². The molecule has 19 heavy (non-hydrogen) atoms. The lowest BCUT2D eigenvalue weighted by Crippen LogP contribution is -2.00. The number of anilines is 1. The summed E-state index contributed by atoms with van der Waals surface area (Å²) in [6, 6.07) is 8.09. The van der Waals surface area contributed by atoms with Crippen LogP contribution in [0.15, 0.2) is 39.4 Å². The second-order valence-corrected chi connectivity index (χ2v) is 5.84. The van der Waals surface area contributed by atoms with Crippen LogP contribution in [0.3, 0.4) is 0 Å². The fourth-order valence-electron chi connectivity index (χ4n) is 1.69. The molecule has 0 fully saturated rings. The van der Waals surface area contributed by atoms with E-state index < -0.39 is 0 Å². The first-order valence-corrected chi connectivity index (χ1v) is 7.37. The van der Waals surface area contributed by atoms with Gasteiger partial charge >= 0.3 is 0 Å². The summed E-state index contributed by atoms with van der Waals surface area (Å²) in [6.07, 6.45) is 1.84. The zero-order chi connectivity index (χ0) is 13.8. The van der Waals surface area contributed by atoms with Crippen molar-refractivity contribution in [2.75, 3.05) is 12.4 Å². The van der Waals surface area contributed by atoms with Crippen molar-refractivity contribution in [2.24, 2.45) is 0 Å². The van der Waals surface area contributed by atoms with Crippen molar-refractivity contribution in [1.29, 1.82) is 0 Å². The molecule has 0 aliphatic heterocycles. The van der Waals surface area contributed by atoms with Crippen LogP contribution in [0.5, 0.6) is 5.75 Å². The Morgan fingerprint density at radius 1 is 1.21 bits per heavy atom. The molecule has 1 aromatic heterocycles. The molecule has 5 heteroatoms. The number of aryl methyl sites for hydroxylation is 1. The third-order valence-corrected chi connectivity index (χ3v) is 3.85. The molecule has 2 aromatic rings. The van der Waals surface area contributed by atoms with Gasteiger partial charge in [0.25, 0.3) is 0 Å². The molecule has 0 radical (unpaired) electrons. The van der Waals surface area contributed by atoms with E-state index in [0.717, 1.165) is 38.2 Å². The number of nitrogens with zero attached hydrogens (tertiary/aromatic N) is 1. The fraction of sp³-hybridized carbons (Fsp3) is 0.214. The van der Waals surface area contributed by atoms with E-state index in [-0.39, 0.29) is 0 Å². The number of aromatic nitrogens is 1. The molecule has 0 aliphatic carbocycles. The topological polar surface area (TPSA) is 34.1 Å². The molecule has 0 saturated heterocycles. The van der Waals surface area contributed by atoms with E-state index in [1.165, 1.54) is 0 Å². The van der Waals surface area contributed by atoms with Gasteiger partial charge < -0.3 is 10.1 Å². The predicted octanol–water partition coefficient (Wildman–Crippen LogP) is 4.54. The van der Waals surface area contributed by atoms with Gasteiger partial charge in [-0.2, -0.15) is 0 Å². The van der Waals surface area contributed by atoms with Crippen molar-refractivity contribution in [2.45, 2.75) is 13.5 Å². The van der Waals surface area contributed by atoms with Gasteiger partial charge in [0.1, 0.15) is 5.75 Å². The second kappa shape index (κ2) is 6.39. The van der Waals surface area contributed by atoms with E-state index in [1.807, 2.05) is 37.4 Å². The molecule has 0 aliphatic rings. The average molecular weight is 386 g/mol. The summed E-state index contributed by atoms with van der Waals surface area (Å²) in [4.78, 5) is 4.25. The van der Waals surface area contributed by atoms with E-state index in [4.69, 9.17) is 4.74 Å². The number of hydrogen-bond donors (Lipinski definition) is 1. The molecule has 100 valence electrons. The summed E-state index contributed by atoms with van der Waals surface area (Å²) in [5.41, 5.74) is 3.18. The first-order chi connectivity index (χ1) is 9.10. The highest BCUT2D eigenvalue weighted by Gasteiger charge is 2.07. The SMILES string of the molecule is COc1c(Br)cc(CNc2ccc(C)nc2)cc1Br. The monoisotopic (exact) mass is 384 g/mol. The highest BCUT2D eigenvalue weighted by atomic mass is 79.9. The maximum absolute atomic E-state index is 5.28. The van der Waals surface area contributed by atoms with Gasteiger partial charge in [0.15, 0.2) is 0 Å². The Morgan fingerprint density at radius 2 is 1.89 bits per heavy atom. The minimum Gasteiger partial charge on any atom is -0.494 e. The Bertz CT molecular complexity index is 547. The van der Waals surface area contributed by atoms with E-state index in [1.54, 1.807) is 7.11 Å². The van der Waals surface area contributed by atoms with Gasteiger partial charge in [0.05, 0.1) is 27.9 Å².